The van der Waals surface area contributed by atoms with Crippen molar-refractivity contribution in [2.75, 3.05) is 13.2 Å². The molecule has 0 saturated carbocycles. The number of carbonyl (C=O) groups is 3. The van der Waals surface area contributed by atoms with E-state index in [1.807, 2.05) is 0 Å². The van der Waals surface area contributed by atoms with Crippen LogP contribution in [-0.2, 0) is 28.6 Å². The molecule has 0 radical (unpaired) electrons. The van der Waals surface area contributed by atoms with Crippen LogP contribution in [0.1, 0.15) is 271 Å². The van der Waals surface area contributed by atoms with Crippen LogP contribution >= 0.6 is 0 Å². The Morgan fingerprint density at radius 3 is 0.967 bits per heavy atom. The molecular weight excluding hydrogens is 745 g/mol. The van der Waals surface area contributed by atoms with Gasteiger partial charge in [-0.25, -0.2) is 0 Å². The number of ether oxygens (including phenoxy) is 3. The van der Waals surface area contributed by atoms with Gasteiger partial charge in [0.1, 0.15) is 13.2 Å². The summed E-state index contributed by atoms with van der Waals surface area (Å²) in [4.78, 5) is 37.7. The molecular formula is C54H98O6. The van der Waals surface area contributed by atoms with Crippen molar-refractivity contribution in [3.05, 3.63) is 36.5 Å². The Bertz CT molecular complexity index is 1020. The number of esters is 3. The molecule has 0 aliphatic rings. The summed E-state index contributed by atoms with van der Waals surface area (Å²) in [6.07, 6.45) is 57.3. The SMILES string of the molecule is CCCCC/C=C\C/C=C\C/C=C\CCCCCCCCC(=O)OCC(COC(=O)CCCCCCC)OC(=O)CCCCCCCCCCCCCCCCCCCC. The van der Waals surface area contributed by atoms with Crippen molar-refractivity contribution >= 4 is 17.9 Å². The number of hydrogen-bond acceptors (Lipinski definition) is 6. The quantitative estimate of drug-likeness (QED) is 0.0263. The maximum atomic E-state index is 12.7. The van der Waals surface area contributed by atoms with Gasteiger partial charge in [-0.15, -0.1) is 0 Å². The van der Waals surface area contributed by atoms with E-state index >= 15 is 0 Å². The monoisotopic (exact) mass is 843 g/mol. The van der Waals surface area contributed by atoms with Crippen LogP contribution in [0.3, 0.4) is 0 Å². The average molecular weight is 843 g/mol. The summed E-state index contributed by atoms with van der Waals surface area (Å²) in [6.45, 7) is 6.54. The van der Waals surface area contributed by atoms with Crippen molar-refractivity contribution < 1.29 is 28.6 Å². The summed E-state index contributed by atoms with van der Waals surface area (Å²) in [5, 5.41) is 0. The Kier molecular flexibility index (Phi) is 47.3. The van der Waals surface area contributed by atoms with Crippen molar-refractivity contribution in [1.82, 2.24) is 0 Å². The van der Waals surface area contributed by atoms with E-state index in [9.17, 15) is 14.4 Å². The fourth-order valence-corrected chi connectivity index (χ4v) is 7.45. The van der Waals surface area contributed by atoms with E-state index in [1.165, 1.54) is 148 Å². The summed E-state index contributed by atoms with van der Waals surface area (Å²) in [6, 6.07) is 0. The molecule has 1 atom stereocenters. The highest BCUT2D eigenvalue weighted by molar-refractivity contribution is 5.71. The van der Waals surface area contributed by atoms with Crippen LogP contribution in [0.4, 0.5) is 0 Å². The predicted molar refractivity (Wildman–Crippen MR) is 256 cm³/mol. The van der Waals surface area contributed by atoms with E-state index in [2.05, 4.69) is 57.2 Å². The number of rotatable bonds is 47. The zero-order valence-corrected chi connectivity index (χ0v) is 40.0. The van der Waals surface area contributed by atoms with Crippen LogP contribution in [0.2, 0.25) is 0 Å². The van der Waals surface area contributed by atoms with E-state index in [-0.39, 0.29) is 31.1 Å². The standard InChI is InChI=1S/C54H98O6/c1-4-7-10-13-15-17-19-21-23-25-27-29-30-32-34-36-38-41-44-47-53(56)59-50-51(49-58-52(55)46-43-40-12-9-6-3)60-54(57)48-45-42-39-37-35-33-31-28-26-24-22-20-18-16-14-11-8-5-2/h15,17,21,23,27,29,51H,4-14,16,18-20,22,24-26,28,30-50H2,1-3H3/b17-15-,23-21-,29-27-. The largest absolute Gasteiger partial charge is 0.462 e. The van der Waals surface area contributed by atoms with Gasteiger partial charge in [0.25, 0.3) is 0 Å². The van der Waals surface area contributed by atoms with Crippen LogP contribution in [0.5, 0.6) is 0 Å². The molecule has 0 heterocycles. The highest BCUT2D eigenvalue weighted by Gasteiger charge is 2.19. The van der Waals surface area contributed by atoms with Gasteiger partial charge in [-0.05, 0) is 57.8 Å². The molecule has 60 heavy (non-hydrogen) atoms. The van der Waals surface area contributed by atoms with Gasteiger partial charge < -0.3 is 14.2 Å². The molecule has 0 aliphatic heterocycles. The molecule has 0 N–H and O–H groups in total. The molecule has 0 aromatic rings. The minimum absolute atomic E-state index is 0.0747. The van der Waals surface area contributed by atoms with E-state index in [1.54, 1.807) is 0 Å². The second kappa shape index (κ2) is 49.3. The van der Waals surface area contributed by atoms with Crippen molar-refractivity contribution in [2.45, 2.75) is 277 Å². The fraction of sp³-hybridized carbons (Fsp3) is 0.833. The minimum atomic E-state index is -0.770. The highest BCUT2D eigenvalue weighted by atomic mass is 16.6. The van der Waals surface area contributed by atoms with Gasteiger partial charge >= 0.3 is 17.9 Å². The Labute approximate surface area is 372 Å². The first kappa shape index (κ1) is 57.6. The lowest BCUT2D eigenvalue weighted by Crippen LogP contribution is -2.30. The van der Waals surface area contributed by atoms with E-state index in [0.717, 1.165) is 83.5 Å². The highest BCUT2D eigenvalue weighted by Crippen LogP contribution is 2.16. The minimum Gasteiger partial charge on any atom is -0.462 e. The smallest absolute Gasteiger partial charge is 0.306 e. The average Bonchev–Trinajstić information content (AvgIpc) is 3.24. The van der Waals surface area contributed by atoms with Gasteiger partial charge in [-0.1, -0.05) is 231 Å². The maximum Gasteiger partial charge on any atom is 0.306 e. The molecule has 0 aromatic carbocycles. The topological polar surface area (TPSA) is 78.9 Å². The molecule has 0 rings (SSSR count). The number of unbranched alkanes of at least 4 members (excludes halogenated alkanes) is 30. The Morgan fingerprint density at radius 1 is 0.333 bits per heavy atom. The second-order valence-electron chi connectivity index (χ2n) is 17.4. The molecule has 350 valence electrons. The van der Waals surface area contributed by atoms with Crippen molar-refractivity contribution in [1.29, 1.82) is 0 Å². The van der Waals surface area contributed by atoms with Crippen molar-refractivity contribution in [3.63, 3.8) is 0 Å². The number of hydrogen-bond donors (Lipinski definition) is 0. The molecule has 0 aromatic heterocycles. The molecule has 0 fully saturated rings. The first-order valence-corrected chi connectivity index (χ1v) is 26.0. The van der Waals surface area contributed by atoms with Gasteiger partial charge in [-0.3, -0.25) is 14.4 Å². The van der Waals surface area contributed by atoms with Crippen molar-refractivity contribution in [2.24, 2.45) is 0 Å². The summed E-state index contributed by atoms with van der Waals surface area (Å²) in [5.41, 5.74) is 0. The third kappa shape index (κ3) is 46.7. The molecule has 0 saturated heterocycles. The molecule has 1 unspecified atom stereocenters. The zero-order chi connectivity index (χ0) is 43.7. The molecule has 0 amide bonds. The van der Waals surface area contributed by atoms with Crippen LogP contribution < -0.4 is 0 Å². The molecule has 0 aliphatic carbocycles. The number of carbonyl (C=O) groups excluding carboxylic acids is 3. The lowest BCUT2D eigenvalue weighted by molar-refractivity contribution is -0.167. The Morgan fingerprint density at radius 2 is 0.600 bits per heavy atom. The first-order chi connectivity index (χ1) is 29.5. The maximum absolute atomic E-state index is 12.7. The number of allylic oxidation sites excluding steroid dienone is 6. The second-order valence-corrected chi connectivity index (χ2v) is 17.4. The van der Waals surface area contributed by atoms with E-state index in [4.69, 9.17) is 14.2 Å². The van der Waals surface area contributed by atoms with Gasteiger partial charge in [0, 0.05) is 19.3 Å². The molecule has 6 nitrogen and oxygen atoms in total. The zero-order valence-electron chi connectivity index (χ0n) is 40.0. The van der Waals surface area contributed by atoms with Gasteiger partial charge in [0.15, 0.2) is 6.10 Å². The van der Waals surface area contributed by atoms with E-state index in [0.29, 0.717) is 19.3 Å². The summed E-state index contributed by atoms with van der Waals surface area (Å²) >= 11 is 0. The summed E-state index contributed by atoms with van der Waals surface area (Å²) < 4.78 is 16.7. The predicted octanol–water partition coefficient (Wildman–Crippen LogP) is 16.9. The van der Waals surface area contributed by atoms with Crippen LogP contribution in [0.25, 0.3) is 0 Å². The summed E-state index contributed by atoms with van der Waals surface area (Å²) in [7, 11) is 0. The van der Waals surface area contributed by atoms with Crippen LogP contribution in [0, 0.1) is 0 Å². The molecule has 0 bridgehead atoms. The van der Waals surface area contributed by atoms with E-state index < -0.39 is 6.10 Å². The Balaban J connectivity index is 4.16. The first-order valence-electron chi connectivity index (χ1n) is 26.0. The third-order valence-electron chi connectivity index (χ3n) is 11.4. The lowest BCUT2D eigenvalue weighted by Gasteiger charge is -2.18. The molecule has 0 spiro atoms. The fourth-order valence-electron chi connectivity index (χ4n) is 7.45. The normalized spacial score (nSPS) is 12.2. The van der Waals surface area contributed by atoms with Gasteiger partial charge in [0.2, 0.25) is 0 Å². The van der Waals surface area contributed by atoms with Gasteiger partial charge in [0.05, 0.1) is 0 Å². The summed E-state index contributed by atoms with van der Waals surface area (Å²) in [5.74, 6) is -0.890. The lowest BCUT2D eigenvalue weighted by atomic mass is 10.0. The van der Waals surface area contributed by atoms with Crippen LogP contribution in [-0.4, -0.2) is 37.2 Å². The van der Waals surface area contributed by atoms with Crippen molar-refractivity contribution in [3.8, 4) is 0 Å². The van der Waals surface area contributed by atoms with Crippen LogP contribution in [0.15, 0.2) is 36.5 Å². The molecule has 6 heteroatoms. The Hall–Kier alpha value is -2.37. The van der Waals surface area contributed by atoms with Gasteiger partial charge in [-0.2, -0.15) is 0 Å². The third-order valence-corrected chi connectivity index (χ3v) is 11.4.